The minimum Gasteiger partial charge on any atom is -0.321 e. The normalized spacial score (nSPS) is 10.5. The number of para-hydroxylation sites is 1. The van der Waals surface area contributed by atoms with Crippen LogP contribution in [0.5, 0.6) is 0 Å². The third-order valence-electron chi connectivity index (χ3n) is 3.75. The molecule has 3 aromatic rings. The zero-order chi connectivity index (χ0) is 18.0. The molecule has 0 saturated heterocycles. The number of aromatic nitrogens is 2. The number of hydrogen-bond donors (Lipinski definition) is 3. The number of nitrogens with zero attached hydrogens (tertiary/aromatic N) is 1. The van der Waals surface area contributed by atoms with Crippen LogP contribution in [0.4, 0.5) is 11.4 Å². The molecule has 0 atom stereocenters. The summed E-state index contributed by atoms with van der Waals surface area (Å²) in [7, 11) is 0. The third-order valence-corrected chi connectivity index (χ3v) is 4.75. The molecule has 1 aromatic carbocycles. The zero-order valence-corrected chi connectivity index (χ0v) is 15.0. The fourth-order valence-corrected chi connectivity index (χ4v) is 3.21. The van der Waals surface area contributed by atoms with Crippen molar-refractivity contribution in [2.75, 3.05) is 10.6 Å². The Kier molecular flexibility index (Phi) is 4.67. The molecule has 0 fully saturated rings. The predicted molar refractivity (Wildman–Crippen MR) is 99.5 cm³/mol. The number of aromatic amines is 1. The fourth-order valence-electron chi connectivity index (χ4n) is 2.45. The van der Waals surface area contributed by atoms with Crippen LogP contribution in [-0.4, -0.2) is 22.0 Å². The van der Waals surface area contributed by atoms with Crippen LogP contribution < -0.4 is 10.6 Å². The lowest BCUT2D eigenvalue weighted by Gasteiger charge is -2.11. The first kappa shape index (κ1) is 16.9. The van der Waals surface area contributed by atoms with Crippen molar-refractivity contribution in [3.63, 3.8) is 0 Å². The number of anilines is 2. The molecular weight excluding hydrogens is 336 g/mol. The summed E-state index contributed by atoms with van der Waals surface area (Å²) in [4.78, 5) is 26.7. The maximum atomic E-state index is 12.7. The van der Waals surface area contributed by atoms with Gasteiger partial charge in [0.05, 0.1) is 33.2 Å². The smallest absolute Gasteiger partial charge is 0.265 e. The Morgan fingerprint density at radius 1 is 1.00 bits per heavy atom. The molecule has 3 rings (SSSR count). The number of aryl methyl sites for hydroxylation is 3. The number of thiophene rings is 1. The fraction of sp³-hybridized carbons (Fsp3) is 0.167. The molecule has 25 heavy (non-hydrogen) atoms. The van der Waals surface area contributed by atoms with Gasteiger partial charge in [0, 0.05) is 4.88 Å². The Labute approximate surface area is 149 Å². The molecule has 0 spiro atoms. The minimum absolute atomic E-state index is 0.228. The molecule has 2 aromatic heterocycles. The molecule has 0 radical (unpaired) electrons. The van der Waals surface area contributed by atoms with Crippen molar-refractivity contribution in [2.24, 2.45) is 0 Å². The molecule has 7 heteroatoms. The van der Waals surface area contributed by atoms with Crippen molar-refractivity contribution >= 4 is 34.5 Å². The van der Waals surface area contributed by atoms with Crippen LogP contribution in [-0.2, 0) is 0 Å². The van der Waals surface area contributed by atoms with Gasteiger partial charge in [-0.15, -0.1) is 11.3 Å². The standard InChI is InChI=1S/C18H18N4O2S/c1-10-8-9-15(25-10)18(24)19-14-7-5-4-6-13(14)17(23)20-16-11(2)21-22-12(16)3/h4-9H,1-3H3,(H,19,24)(H,20,23)(H,21,22). The van der Waals surface area contributed by atoms with E-state index in [0.29, 0.717) is 27.5 Å². The number of H-pyrrole nitrogens is 1. The number of nitrogens with one attached hydrogen (secondary N) is 3. The van der Waals surface area contributed by atoms with Crippen molar-refractivity contribution in [3.8, 4) is 0 Å². The Bertz CT molecular complexity index is 923. The molecule has 0 saturated carbocycles. The van der Waals surface area contributed by atoms with Crippen molar-refractivity contribution < 1.29 is 9.59 Å². The zero-order valence-electron chi connectivity index (χ0n) is 14.1. The van der Waals surface area contributed by atoms with Crippen molar-refractivity contribution in [1.29, 1.82) is 0 Å². The van der Waals surface area contributed by atoms with E-state index >= 15 is 0 Å². The average Bonchev–Trinajstić information content (AvgIpc) is 3.16. The summed E-state index contributed by atoms with van der Waals surface area (Å²) in [6, 6.07) is 10.6. The van der Waals surface area contributed by atoms with Crippen LogP contribution in [0.1, 0.15) is 36.3 Å². The van der Waals surface area contributed by atoms with Gasteiger partial charge in [0.1, 0.15) is 0 Å². The lowest BCUT2D eigenvalue weighted by atomic mass is 10.1. The van der Waals surface area contributed by atoms with E-state index < -0.39 is 0 Å². The molecule has 2 heterocycles. The molecule has 0 aliphatic heterocycles. The van der Waals surface area contributed by atoms with Gasteiger partial charge in [-0.05, 0) is 45.0 Å². The molecule has 0 aliphatic rings. The second-order valence-corrected chi connectivity index (χ2v) is 6.96. The van der Waals surface area contributed by atoms with Gasteiger partial charge in [-0.1, -0.05) is 12.1 Å². The second kappa shape index (κ2) is 6.90. The van der Waals surface area contributed by atoms with E-state index in [2.05, 4.69) is 20.8 Å². The van der Waals surface area contributed by atoms with Gasteiger partial charge < -0.3 is 10.6 Å². The van der Waals surface area contributed by atoms with E-state index in [1.807, 2.05) is 26.8 Å². The largest absolute Gasteiger partial charge is 0.321 e. The Morgan fingerprint density at radius 3 is 2.40 bits per heavy atom. The van der Waals surface area contributed by atoms with E-state index in [9.17, 15) is 9.59 Å². The van der Waals surface area contributed by atoms with Gasteiger partial charge in [-0.2, -0.15) is 5.10 Å². The Hall–Kier alpha value is -2.93. The van der Waals surface area contributed by atoms with Crippen LogP contribution in [0.25, 0.3) is 0 Å². The van der Waals surface area contributed by atoms with Gasteiger partial charge in [0.15, 0.2) is 0 Å². The highest BCUT2D eigenvalue weighted by molar-refractivity contribution is 7.14. The highest BCUT2D eigenvalue weighted by atomic mass is 32.1. The summed E-state index contributed by atoms with van der Waals surface area (Å²) in [6.45, 7) is 5.59. The summed E-state index contributed by atoms with van der Waals surface area (Å²) in [5.74, 6) is -0.528. The van der Waals surface area contributed by atoms with Gasteiger partial charge >= 0.3 is 0 Å². The van der Waals surface area contributed by atoms with Crippen LogP contribution in [0, 0.1) is 20.8 Å². The number of hydrogen-bond acceptors (Lipinski definition) is 4. The van der Waals surface area contributed by atoms with Crippen LogP contribution in [0.2, 0.25) is 0 Å². The predicted octanol–water partition coefficient (Wildman–Crippen LogP) is 3.90. The van der Waals surface area contributed by atoms with Crippen molar-refractivity contribution in [3.05, 3.63) is 63.1 Å². The minimum atomic E-state index is -0.300. The monoisotopic (exact) mass is 354 g/mol. The molecular formula is C18H18N4O2S. The highest BCUT2D eigenvalue weighted by Crippen LogP contribution is 2.22. The summed E-state index contributed by atoms with van der Waals surface area (Å²) in [5, 5.41) is 12.6. The lowest BCUT2D eigenvalue weighted by Crippen LogP contribution is -2.18. The number of amides is 2. The summed E-state index contributed by atoms with van der Waals surface area (Å²) in [6.07, 6.45) is 0. The molecule has 128 valence electrons. The molecule has 0 bridgehead atoms. The van der Waals surface area contributed by atoms with E-state index in [-0.39, 0.29) is 11.8 Å². The van der Waals surface area contributed by atoms with E-state index in [1.165, 1.54) is 11.3 Å². The van der Waals surface area contributed by atoms with Crippen molar-refractivity contribution in [1.82, 2.24) is 10.2 Å². The van der Waals surface area contributed by atoms with Gasteiger partial charge in [-0.25, -0.2) is 0 Å². The second-order valence-electron chi connectivity index (χ2n) is 5.67. The SMILES string of the molecule is Cc1ccc(C(=O)Nc2ccccc2C(=O)Nc2c(C)n[nH]c2C)s1. The van der Waals surface area contributed by atoms with Gasteiger partial charge in [0.25, 0.3) is 11.8 Å². The van der Waals surface area contributed by atoms with Gasteiger partial charge in [-0.3, -0.25) is 14.7 Å². The molecule has 3 N–H and O–H groups in total. The number of rotatable bonds is 4. The highest BCUT2D eigenvalue weighted by Gasteiger charge is 2.17. The first-order valence-corrected chi connectivity index (χ1v) is 8.57. The summed E-state index contributed by atoms with van der Waals surface area (Å²) < 4.78 is 0. The van der Waals surface area contributed by atoms with Crippen LogP contribution >= 0.6 is 11.3 Å². The lowest BCUT2D eigenvalue weighted by molar-refractivity contribution is 0.102. The third kappa shape index (κ3) is 3.61. The Balaban J connectivity index is 1.83. The van der Waals surface area contributed by atoms with Crippen LogP contribution in [0.15, 0.2) is 36.4 Å². The van der Waals surface area contributed by atoms with Crippen LogP contribution in [0.3, 0.4) is 0 Å². The number of carbonyl (C=O) groups is 2. The van der Waals surface area contributed by atoms with E-state index in [1.54, 1.807) is 30.3 Å². The number of benzene rings is 1. The van der Waals surface area contributed by atoms with Crippen molar-refractivity contribution in [2.45, 2.75) is 20.8 Å². The summed E-state index contributed by atoms with van der Waals surface area (Å²) >= 11 is 1.41. The topological polar surface area (TPSA) is 86.9 Å². The average molecular weight is 354 g/mol. The maximum absolute atomic E-state index is 12.7. The summed E-state index contributed by atoms with van der Waals surface area (Å²) in [5.41, 5.74) is 3.00. The first-order chi connectivity index (χ1) is 12.0. The molecule has 2 amide bonds. The maximum Gasteiger partial charge on any atom is 0.265 e. The molecule has 0 aliphatic carbocycles. The number of carbonyl (C=O) groups excluding carboxylic acids is 2. The van der Waals surface area contributed by atoms with E-state index in [4.69, 9.17) is 0 Å². The first-order valence-electron chi connectivity index (χ1n) is 7.75. The Morgan fingerprint density at radius 2 is 1.76 bits per heavy atom. The quantitative estimate of drug-likeness (QED) is 0.664. The van der Waals surface area contributed by atoms with E-state index in [0.717, 1.165) is 10.6 Å². The molecule has 0 unspecified atom stereocenters. The molecule has 6 nitrogen and oxygen atoms in total. The van der Waals surface area contributed by atoms with Gasteiger partial charge in [0.2, 0.25) is 0 Å².